The highest BCUT2D eigenvalue weighted by Crippen LogP contribution is 2.05. The Bertz CT molecular complexity index is 232. The quantitative estimate of drug-likeness (QED) is 0.669. The standard InChI is InChI=1S/C11H21N3O/c1-10(2)9-13-5-7-14(8-6-13)11(15)3-4-12/h1,3-9,12H2,2H3. The molecule has 2 N–H and O–H groups in total. The minimum Gasteiger partial charge on any atom is -0.340 e. The Kier molecular flexibility index (Phi) is 4.78. The first-order valence-electron chi connectivity index (χ1n) is 5.48. The molecule has 1 amide bonds. The van der Waals surface area contributed by atoms with Crippen molar-refractivity contribution >= 4 is 5.91 Å². The highest BCUT2D eigenvalue weighted by atomic mass is 16.2. The number of hydrogen-bond donors (Lipinski definition) is 1. The van der Waals surface area contributed by atoms with Gasteiger partial charge in [-0.25, -0.2) is 0 Å². The van der Waals surface area contributed by atoms with Crippen LogP contribution in [-0.2, 0) is 4.79 Å². The fraction of sp³-hybridized carbons (Fsp3) is 0.727. The van der Waals surface area contributed by atoms with Crippen LogP contribution < -0.4 is 5.73 Å². The van der Waals surface area contributed by atoms with Gasteiger partial charge in [0.05, 0.1) is 0 Å². The van der Waals surface area contributed by atoms with Gasteiger partial charge in [-0.2, -0.15) is 0 Å². The van der Waals surface area contributed by atoms with Gasteiger partial charge in [0.15, 0.2) is 0 Å². The topological polar surface area (TPSA) is 49.6 Å². The van der Waals surface area contributed by atoms with Crippen molar-refractivity contribution in [2.75, 3.05) is 39.3 Å². The van der Waals surface area contributed by atoms with Crippen LogP contribution in [0, 0.1) is 0 Å². The average molecular weight is 211 g/mol. The van der Waals surface area contributed by atoms with Crippen molar-refractivity contribution in [2.45, 2.75) is 13.3 Å². The van der Waals surface area contributed by atoms with E-state index in [0.717, 1.165) is 32.7 Å². The van der Waals surface area contributed by atoms with Crippen molar-refractivity contribution < 1.29 is 4.79 Å². The molecule has 0 radical (unpaired) electrons. The lowest BCUT2D eigenvalue weighted by Gasteiger charge is -2.34. The van der Waals surface area contributed by atoms with Gasteiger partial charge in [0, 0.05) is 45.7 Å². The van der Waals surface area contributed by atoms with Crippen molar-refractivity contribution in [2.24, 2.45) is 5.73 Å². The molecule has 0 aromatic carbocycles. The second-order valence-electron chi connectivity index (χ2n) is 4.15. The summed E-state index contributed by atoms with van der Waals surface area (Å²) in [4.78, 5) is 15.8. The summed E-state index contributed by atoms with van der Waals surface area (Å²) in [5.74, 6) is 0.187. The number of hydrogen-bond acceptors (Lipinski definition) is 3. The number of carbonyl (C=O) groups excluding carboxylic acids is 1. The Balaban J connectivity index is 2.29. The predicted octanol–water partition coefficient (Wildman–Crippen LogP) is 0.0555. The molecule has 0 saturated carbocycles. The SMILES string of the molecule is C=C(C)CN1CCN(C(=O)CCN)CC1. The third kappa shape index (κ3) is 4.01. The summed E-state index contributed by atoms with van der Waals surface area (Å²) in [6.07, 6.45) is 0.473. The molecule has 1 saturated heterocycles. The second-order valence-corrected chi connectivity index (χ2v) is 4.15. The van der Waals surface area contributed by atoms with Crippen molar-refractivity contribution in [3.05, 3.63) is 12.2 Å². The van der Waals surface area contributed by atoms with Crippen LogP contribution in [0.4, 0.5) is 0 Å². The van der Waals surface area contributed by atoms with E-state index in [1.807, 2.05) is 11.8 Å². The van der Waals surface area contributed by atoms with E-state index < -0.39 is 0 Å². The molecule has 4 nitrogen and oxygen atoms in total. The molecule has 1 aliphatic heterocycles. The lowest BCUT2D eigenvalue weighted by molar-refractivity contribution is -0.132. The molecule has 0 atom stereocenters. The molecule has 0 aromatic rings. The first-order chi connectivity index (χ1) is 7.13. The van der Waals surface area contributed by atoms with Crippen LogP contribution >= 0.6 is 0 Å². The maximum Gasteiger partial charge on any atom is 0.223 e. The van der Waals surface area contributed by atoms with Crippen LogP contribution in [0.3, 0.4) is 0 Å². The van der Waals surface area contributed by atoms with Crippen molar-refractivity contribution in [1.29, 1.82) is 0 Å². The van der Waals surface area contributed by atoms with Gasteiger partial charge >= 0.3 is 0 Å². The normalized spacial score (nSPS) is 17.9. The molecule has 1 rings (SSSR count). The molecular formula is C11H21N3O. The molecular weight excluding hydrogens is 190 g/mol. The molecule has 0 aromatic heterocycles. The van der Waals surface area contributed by atoms with Gasteiger partial charge in [0.2, 0.25) is 5.91 Å². The Morgan fingerprint density at radius 2 is 1.93 bits per heavy atom. The van der Waals surface area contributed by atoms with Crippen molar-refractivity contribution in [1.82, 2.24) is 9.80 Å². The van der Waals surface area contributed by atoms with Gasteiger partial charge in [-0.15, -0.1) is 0 Å². The minimum atomic E-state index is 0.187. The van der Waals surface area contributed by atoms with E-state index in [-0.39, 0.29) is 5.91 Å². The van der Waals surface area contributed by atoms with Crippen LogP contribution in [0.25, 0.3) is 0 Å². The summed E-state index contributed by atoms with van der Waals surface area (Å²) in [7, 11) is 0. The Hall–Kier alpha value is -0.870. The lowest BCUT2D eigenvalue weighted by Crippen LogP contribution is -2.49. The summed E-state index contributed by atoms with van der Waals surface area (Å²) in [5, 5.41) is 0. The maximum atomic E-state index is 11.5. The highest BCUT2D eigenvalue weighted by Gasteiger charge is 2.19. The molecule has 0 aliphatic carbocycles. The summed E-state index contributed by atoms with van der Waals surface area (Å²) in [6, 6.07) is 0. The molecule has 15 heavy (non-hydrogen) atoms. The summed E-state index contributed by atoms with van der Waals surface area (Å²) in [6.45, 7) is 10.9. The number of nitrogens with zero attached hydrogens (tertiary/aromatic N) is 2. The third-order valence-electron chi connectivity index (χ3n) is 2.58. The summed E-state index contributed by atoms with van der Waals surface area (Å²) >= 11 is 0. The highest BCUT2D eigenvalue weighted by molar-refractivity contribution is 5.76. The van der Waals surface area contributed by atoms with E-state index in [0.29, 0.717) is 13.0 Å². The average Bonchev–Trinajstić information content (AvgIpc) is 2.18. The van der Waals surface area contributed by atoms with Gasteiger partial charge in [-0.3, -0.25) is 9.69 Å². The molecule has 1 fully saturated rings. The molecule has 0 unspecified atom stereocenters. The van der Waals surface area contributed by atoms with Gasteiger partial charge in [-0.05, 0) is 6.92 Å². The second kappa shape index (κ2) is 5.88. The fourth-order valence-corrected chi connectivity index (χ4v) is 1.82. The van der Waals surface area contributed by atoms with E-state index >= 15 is 0 Å². The summed E-state index contributed by atoms with van der Waals surface area (Å²) < 4.78 is 0. The zero-order valence-corrected chi connectivity index (χ0v) is 9.54. The van der Waals surface area contributed by atoms with Crippen LogP contribution in [0.15, 0.2) is 12.2 Å². The van der Waals surface area contributed by atoms with Gasteiger partial charge in [-0.1, -0.05) is 12.2 Å². The van der Waals surface area contributed by atoms with Crippen LogP contribution in [-0.4, -0.2) is 55.0 Å². The van der Waals surface area contributed by atoms with E-state index in [1.54, 1.807) is 0 Å². The first-order valence-corrected chi connectivity index (χ1v) is 5.48. The smallest absolute Gasteiger partial charge is 0.223 e. The largest absolute Gasteiger partial charge is 0.340 e. The molecule has 1 aliphatic rings. The first kappa shape index (κ1) is 12.2. The minimum absolute atomic E-state index is 0.187. The van der Waals surface area contributed by atoms with Gasteiger partial charge in [0.1, 0.15) is 0 Å². The van der Waals surface area contributed by atoms with Crippen LogP contribution in [0.2, 0.25) is 0 Å². The number of amides is 1. The monoisotopic (exact) mass is 211 g/mol. The van der Waals surface area contributed by atoms with E-state index in [2.05, 4.69) is 11.5 Å². The summed E-state index contributed by atoms with van der Waals surface area (Å²) in [5.41, 5.74) is 6.54. The Morgan fingerprint density at radius 3 is 2.40 bits per heavy atom. The van der Waals surface area contributed by atoms with Gasteiger partial charge < -0.3 is 10.6 Å². The molecule has 4 heteroatoms. The lowest BCUT2D eigenvalue weighted by atomic mass is 10.2. The van der Waals surface area contributed by atoms with E-state index in [9.17, 15) is 4.79 Å². The fourth-order valence-electron chi connectivity index (χ4n) is 1.82. The number of carbonyl (C=O) groups is 1. The Labute approximate surface area is 91.7 Å². The molecule has 0 bridgehead atoms. The van der Waals surface area contributed by atoms with Crippen LogP contribution in [0.1, 0.15) is 13.3 Å². The van der Waals surface area contributed by atoms with Gasteiger partial charge in [0.25, 0.3) is 0 Å². The van der Waals surface area contributed by atoms with E-state index in [1.165, 1.54) is 5.57 Å². The van der Waals surface area contributed by atoms with Crippen molar-refractivity contribution in [3.8, 4) is 0 Å². The molecule has 0 spiro atoms. The number of nitrogens with two attached hydrogens (primary N) is 1. The molecule has 86 valence electrons. The van der Waals surface area contributed by atoms with E-state index in [4.69, 9.17) is 5.73 Å². The molecule has 1 heterocycles. The predicted molar refractivity (Wildman–Crippen MR) is 61.5 cm³/mol. The van der Waals surface area contributed by atoms with Crippen LogP contribution in [0.5, 0.6) is 0 Å². The number of piperazine rings is 1. The third-order valence-corrected chi connectivity index (χ3v) is 2.58. The maximum absolute atomic E-state index is 11.5. The Morgan fingerprint density at radius 1 is 1.33 bits per heavy atom. The van der Waals surface area contributed by atoms with Crippen molar-refractivity contribution in [3.63, 3.8) is 0 Å². The zero-order valence-electron chi connectivity index (χ0n) is 9.54. The zero-order chi connectivity index (χ0) is 11.3. The number of rotatable bonds is 4.